The van der Waals surface area contributed by atoms with Crippen LogP contribution in [0.25, 0.3) is 0 Å². The van der Waals surface area contributed by atoms with Crippen LogP contribution in [0.15, 0.2) is 30.3 Å². The van der Waals surface area contributed by atoms with Gasteiger partial charge in [0.15, 0.2) is 23.0 Å². The Morgan fingerprint density at radius 3 is 1.88 bits per heavy atom. The van der Waals surface area contributed by atoms with Gasteiger partial charge in [0.2, 0.25) is 0 Å². The van der Waals surface area contributed by atoms with Gasteiger partial charge in [-0.2, -0.15) is 0 Å². The van der Waals surface area contributed by atoms with Gasteiger partial charge in [0, 0.05) is 6.54 Å². The summed E-state index contributed by atoms with van der Waals surface area (Å²) < 4.78 is 21.6. The molecule has 2 aromatic rings. The van der Waals surface area contributed by atoms with Crippen molar-refractivity contribution in [2.45, 2.75) is 50.5 Å². The first kappa shape index (κ1) is 25.2. The van der Waals surface area contributed by atoms with E-state index in [9.17, 15) is 5.11 Å². The molecule has 0 aromatic heterocycles. The molecule has 0 radical (unpaired) electrons. The number of ether oxygens (including phenoxy) is 4. The molecule has 0 amide bonds. The maximum atomic E-state index is 11.3. The summed E-state index contributed by atoms with van der Waals surface area (Å²) in [7, 11) is 8.79. The Morgan fingerprint density at radius 1 is 0.788 bits per heavy atom. The summed E-state index contributed by atoms with van der Waals surface area (Å²) >= 11 is 0. The molecular formula is C27H39NO5. The number of rotatable bonds is 11. The van der Waals surface area contributed by atoms with Crippen molar-refractivity contribution in [3.8, 4) is 23.0 Å². The number of aliphatic hydroxyl groups is 1. The van der Waals surface area contributed by atoms with Crippen LogP contribution in [0.4, 0.5) is 0 Å². The second-order valence-electron chi connectivity index (χ2n) is 9.05. The molecule has 0 atom stereocenters. The molecule has 0 fully saturated rings. The third kappa shape index (κ3) is 6.55. The highest BCUT2D eigenvalue weighted by Crippen LogP contribution is 2.37. The van der Waals surface area contributed by atoms with Gasteiger partial charge in [-0.1, -0.05) is 6.07 Å². The lowest BCUT2D eigenvalue weighted by Crippen LogP contribution is -2.31. The molecule has 2 aromatic carbocycles. The summed E-state index contributed by atoms with van der Waals surface area (Å²) in [6.07, 6.45) is 6.02. The highest BCUT2D eigenvalue weighted by Gasteiger charge is 2.30. The first-order valence-electron chi connectivity index (χ1n) is 11.8. The second kappa shape index (κ2) is 11.6. The number of hydrogen-bond acceptors (Lipinski definition) is 6. The number of methoxy groups -OCH3 is 4. The van der Waals surface area contributed by atoms with E-state index in [4.69, 9.17) is 18.9 Å². The molecule has 0 spiro atoms. The van der Waals surface area contributed by atoms with Crippen LogP contribution in [0, 0.1) is 0 Å². The average molecular weight is 458 g/mol. The Balaban J connectivity index is 1.48. The first-order chi connectivity index (χ1) is 15.9. The van der Waals surface area contributed by atoms with E-state index in [2.05, 4.69) is 30.1 Å². The summed E-state index contributed by atoms with van der Waals surface area (Å²) in [6.45, 7) is 1.92. The molecule has 0 aliphatic heterocycles. The van der Waals surface area contributed by atoms with Crippen LogP contribution < -0.4 is 18.9 Å². The number of nitrogens with zero attached hydrogens (tertiary/aromatic N) is 1. The summed E-state index contributed by atoms with van der Waals surface area (Å²) in [4.78, 5) is 2.33. The van der Waals surface area contributed by atoms with Gasteiger partial charge in [0.05, 0.1) is 34.0 Å². The van der Waals surface area contributed by atoms with Crippen molar-refractivity contribution >= 4 is 0 Å². The fourth-order valence-electron chi connectivity index (χ4n) is 4.68. The van der Waals surface area contributed by atoms with Crippen molar-refractivity contribution in [3.05, 3.63) is 47.0 Å². The molecule has 0 heterocycles. The van der Waals surface area contributed by atoms with E-state index in [1.165, 1.54) is 16.7 Å². The van der Waals surface area contributed by atoms with Crippen LogP contribution in [-0.2, 0) is 19.3 Å². The maximum Gasteiger partial charge on any atom is 0.161 e. The van der Waals surface area contributed by atoms with Crippen LogP contribution in [0.3, 0.4) is 0 Å². The molecule has 0 saturated carbocycles. The Bertz CT molecular complexity index is 879. The molecule has 3 rings (SSSR count). The fraction of sp³-hybridized carbons (Fsp3) is 0.556. The van der Waals surface area contributed by atoms with E-state index < -0.39 is 5.60 Å². The molecule has 33 heavy (non-hydrogen) atoms. The summed E-state index contributed by atoms with van der Waals surface area (Å²) in [5.74, 6) is 3.05. The number of aryl methyl sites for hydroxylation is 2. The minimum absolute atomic E-state index is 0.621. The fourth-order valence-corrected chi connectivity index (χ4v) is 4.68. The number of benzene rings is 2. The zero-order chi connectivity index (χ0) is 23.8. The highest BCUT2D eigenvalue weighted by atomic mass is 16.5. The summed E-state index contributed by atoms with van der Waals surface area (Å²) in [5.41, 5.74) is 3.13. The Morgan fingerprint density at radius 2 is 1.33 bits per heavy atom. The Kier molecular flexibility index (Phi) is 8.87. The van der Waals surface area contributed by atoms with E-state index in [1.54, 1.807) is 28.4 Å². The third-order valence-electron chi connectivity index (χ3n) is 6.84. The van der Waals surface area contributed by atoms with Gasteiger partial charge in [-0.05, 0) is 99.5 Å². The predicted molar refractivity (Wildman–Crippen MR) is 131 cm³/mol. The van der Waals surface area contributed by atoms with Gasteiger partial charge in [0.25, 0.3) is 0 Å². The van der Waals surface area contributed by atoms with Crippen molar-refractivity contribution in [3.63, 3.8) is 0 Å². The van der Waals surface area contributed by atoms with Gasteiger partial charge in [-0.15, -0.1) is 0 Å². The van der Waals surface area contributed by atoms with Crippen molar-refractivity contribution in [2.24, 2.45) is 0 Å². The quantitative estimate of drug-likeness (QED) is 0.508. The van der Waals surface area contributed by atoms with Crippen molar-refractivity contribution in [1.82, 2.24) is 4.90 Å². The standard InChI is InChI=1S/C27H39NO5/c1-28(16-11-20-7-8-23(30-2)24(17-20)31-3)15-6-12-27(29)13-9-21-18-25(32-4)26(33-5)19-22(21)10-14-27/h7-8,17-19,29H,6,9-16H2,1-5H3. The molecule has 6 nitrogen and oxygen atoms in total. The molecule has 1 N–H and O–H groups in total. The Hall–Kier alpha value is -2.44. The maximum absolute atomic E-state index is 11.3. The SMILES string of the molecule is COc1ccc(CCN(C)CCCC2(O)CCc3cc(OC)c(OC)cc3CC2)cc1OC. The molecule has 1 aliphatic carbocycles. The average Bonchev–Trinajstić information content (AvgIpc) is 3.00. The smallest absolute Gasteiger partial charge is 0.161 e. The minimum atomic E-state index is -0.621. The van der Waals surface area contributed by atoms with Gasteiger partial charge >= 0.3 is 0 Å². The number of fused-ring (bicyclic) bond motifs is 1. The topological polar surface area (TPSA) is 60.4 Å². The summed E-state index contributed by atoms with van der Waals surface area (Å²) in [5, 5.41) is 11.3. The molecule has 0 unspecified atom stereocenters. The second-order valence-corrected chi connectivity index (χ2v) is 9.05. The molecule has 1 aliphatic rings. The first-order valence-corrected chi connectivity index (χ1v) is 11.8. The Labute approximate surface area is 198 Å². The van der Waals surface area contributed by atoms with Crippen molar-refractivity contribution in [2.75, 3.05) is 48.6 Å². The minimum Gasteiger partial charge on any atom is -0.493 e. The van der Waals surface area contributed by atoms with Gasteiger partial charge < -0.3 is 29.0 Å². The number of hydrogen-bond donors (Lipinski definition) is 1. The van der Waals surface area contributed by atoms with E-state index in [0.29, 0.717) is 0 Å². The van der Waals surface area contributed by atoms with Crippen LogP contribution in [0.1, 0.15) is 42.4 Å². The van der Waals surface area contributed by atoms with E-state index >= 15 is 0 Å². The van der Waals surface area contributed by atoms with Gasteiger partial charge in [0.1, 0.15) is 0 Å². The van der Waals surface area contributed by atoms with E-state index in [-0.39, 0.29) is 0 Å². The molecule has 6 heteroatoms. The predicted octanol–water partition coefficient (Wildman–Crippen LogP) is 4.29. The largest absolute Gasteiger partial charge is 0.493 e. The zero-order valence-corrected chi connectivity index (χ0v) is 20.8. The summed E-state index contributed by atoms with van der Waals surface area (Å²) in [6, 6.07) is 10.2. The zero-order valence-electron chi connectivity index (χ0n) is 20.8. The lowest BCUT2D eigenvalue weighted by atomic mass is 9.89. The van der Waals surface area contributed by atoms with Crippen LogP contribution in [0.5, 0.6) is 23.0 Å². The lowest BCUT2D eigenvalue weighted by molar-refractivity contribution is 0.0135. The third-order valence-corrected chi connectivity index (χ3v) is 6.84. The van der Waals surface area contributed by atoms with E-state index in [0.717, 1.165) is 81.0 Å². The normalized spacial score (nSPS) is 15.0. The van der Waals surface area contributed by atoms with E-state index in [1.807, 2.05) is 12.1 Å². The van der Waals surface area contributed by atoms with Crippen LogP contribution in [0.2, 0.25) is 0 Å². The van der Waals surface area contributed by atoms with Crippen LogP contribution in [-0.4, -0.2) is 64.2 Å². The number of likely N-dealkylation sites (N-methyl/N-ethyl adjacent to an activating group) is 1. The van der Waals surface area contributed by atoms with Crippen molar-refractivity contribution < 1.29 is 24.1 Å². The van der Waals surface area contributed by atoms with Gasteiger partial charge in [-0.25, -0.2) is 0 Å². The van der Waals surface area contributed by atoms with Gasteiger partial charge in [-0.3, -0.25) is 0 Å². The molecule has 0 bridgehead atoms. The molecule has 0 saturated heterocycles. The van der Waals surface area contributed by atoms with Crippen molar-refractivity contribution in [1.29, 1.82) is 0 Å². The van der Waals surface area contributed by atoms with Crippen LogP contribution >= 0.6 is 0 Å². The lowest BCUT2D eigenvalue weighted by Gasteiger charge is -2.27. The molecule has 182 valence electrons. The monoisotopic (exact) mass is 457 g/mol. The molecular weight excluding hydrogens is 418 g/mol. The highest BCUT2D eigenvalue weighted by molar-refractivity contribution is 5.48.